The molecule has 17 heavy (non-hydrogen) atoms. The van der Waals surface area contributed by atoms with Crippen molar-refractivity contribution in [1.82, 2.24) is 14.1 Å². The Morgan fingerprint density at radius 2 is 2.12 bits per heavy atom. The van der Waals surface area contributed by atoms with Crippen molar-refractivity contribution < 1.29 is 0 Å². The Hall–Kier alpha value is -0.880. The summed E-state index contributed by atoms with van der Waals surface area (Å²) in [5, 5.41) is 0. The summed E-state index contributed by atoms with van der Waals surface area (Å²) in [4.78, 5) is 16.2. The summed E-state index contributed by atoms with van der Waals surface area (Å²) < 4.78 is 5.05. The van der Waals surface area contributed by atoms with Gasteiger partial charge in [0.15, 0.2) is 0 Å². The molecule has 0 fully saturated rings. The zero-order valence-electron chi connectivity index (χ0n) is 9.23. The van der Waals surface area contributed by atoms with Crippen LogP contribution in [0.2, 0.25) is 0 Å². The molecule has 0 aliphatic heterocycles. The molecule has 0 saturated heterocycles. The van der Waals surface area contributed by atoms with Crippen LogP contribution < -0.4 is 5.56 Å². The third kappa shape index (κ3) is 2.69. The summed E-state index contributed by atoms with van der Waals surface area (Å²) >= 11 is 6.62. The number of aromatic nitrogens is 3. The zero-order chi connectivity index (χ0) is 12.4. The maximum atomic E-state index is 11.9. The Morgan fingerprint density at radius 1 is 1.35 bits per heavy atom. The number of nitrogens with zero attached hydrogens (tertiary/aromatic N) is 3. The van der Waals surface area contributed by atoms with Crippen LogP contribution in [-0.4, -0.2) is 14.1 Å². The van der Waals surface area contributed by atoms with E-state index in [1.807, 2.05) is 17.7 Å². The lowest BCUT2D eigenvalue weighted by Gasteiger charge is -2.08. The first-order valence-electron chi connectivity index (χ1n) is 5.17. The number of imidazole rings is 1. The van der Waals surface area contributed by atoms with E-state index in [1.54, 1.807) is 23.0 Å². The van der Waals surface area contributed by atoms with E-state index in [0.717, 1.165) is 16.8 Å². The Balaban J connectivity index is 2.40. The Kier molecular flexibility index (Phi) is 3.83. The largest absolute Gasteiger partial charge is 0.334 e. The number of aryl methyl sites for hydroxylation is 1. The molecule has 0 atom stereocenters. The number of pyridine rings is 1. The maximum Gasteiger partial charge on any atom is 0.265 e. The molecule has 6 heteroatoms. The van der Waals surface area contributed by atoms with Gasteiger partial charge in [-0.1, -0.05) is 0 Å². The Labute approximate surface area is 116 Å². The quantitative estimate of drug-likeness (QED) is 0.844. The van der Waals surface area contributed by atoms with Crippen LogP contribution in [0, 0.1) is 0 Å². The third-order valence-electron chi connectivity index (χ3n) is 2.46. The highest BCUT2D eigenvalue weighted by atomic mass is 79.9. The average Bonchev–Trinajstić information content (AvgIpc) is 2.72. The van der Waals surface area contributed by atoms with Crippen molar-refractivity contribution in [1.29, 1.82) is 0 Å². The monoisotopic (exact) mass is 359 g/mol. The van der Waals surface area contributed by atoms with Crippen LogP contribution in [0.1, 0.15) is 12.7 Å². The highest BCUT2D eigenvalue weighted by Gasteiger charge is 2.07. The molecule has 0 radical (unpaired) electrons. The molecule has 0 aromatic carbocycles. The molecular formula is C11H11Br2N3O. The molecule has 0 unspecified atom stereocenters. The molecule has 4 nitrogen and oxygen atoms in total. The Morgan fingerprint density at radius 3 is 2.82 bits per heavy atom. The first-order chi connectivity index (χ1) is 8.11. The summed E-state index contributed by atoms with van der Waals surface area (Å²) in [6.07, 6.45) is 5.42. The standard InChI is InChI=1S/C11H11Br2N3O/c1-2-15-4-3-14-10(15)7-16-6-8(12)5-9(13)11(16)17/h3-6H,2,7H2,1H3. The van der Waals surface area contributed by atoms with E-state index in [-0.39, 0.29) is 5.56 Å². The number of hydrogen-bond donors (Lipinski definition) is 0. The maximum absolute atomic E-state index is 11.9. The molecule has 0 N–H and O–H groups in total. The normalized spacial score (nSPS) is 10.8. The fourth-order valence-electron chi connectivity index (χ4n) is 1.61. The number of hydrogen-bond acceptors (Lipinski definition) is 2. The van der Waals surface area contributed by atoms with Crippen molar-refractivity contribution >= 4 is 31.9 Å². The Bertz CT molecular complexity index is 589. The van der Waals surface area contributed by atoms with E-state index in [4.69, 9.17) is 0 Å². The van der Waals surface area contributed by atoms with E-state index in [1.165, 1.54) is 0 Å². The van der Waals surface area contributed by atoms with Crippen LogP contribution in [0.4, 0.5) is 0 Å². The van der Waals surface area contributed by atoms with Crippen molar-refractivity contribution in [3.8, 4) is 0 Å². The van der Waals surface area contributed by atoms with Gasteiger partial charge >= 0.3 is 0 Å². The van der Waals surface area contributed by atoms with Crippen LogP contribution in [0.15, 0.2) is 38.4 Å². The molecular weight excluding hydrogens is 350 g/mol. The van der Waals surface area contributed by atoms with Crippen LogP contribution in [0.5, 0.6) is 0 Å². The van der Waals surface area contributed by atoms with Crippen molar-refractivity contribution in [3.63, 3.8) is 0 Å². The molecule has 2 aromatic heterocycles. The van der Waals surface area contributed by atoms with E-state index < -0.39 is 0 Å². The van der Waals surface area contributed by atoms with Gasteiger partial charge in [-0.3, -0.25) is 4.79 Å². The lowest BCUT2D eigenvalue weighted by atomic mass is 10.4. The summed E-state index contributed by atoms with van der Waals surface area (Å²) in [6.45, 7) is 3.36. The number of rotatable bonds is 3. The number of halogens is 2. The minimum Gasteiger partial charge on any atom is -0.334 e. The van der Waals surface area contributed by atoms with Crippen LogP contribution in [-0.2, 0) is 13.1 Å². The van der Waals surface area contributed by atoms with Gasteiger partial charge in [0.2, 0.25) is 0 Å². The van der Waals surface area contributed by atoms with E-state index in [0.29, 0.717) is 11.0 Å². The zero-order valence-corrected chi connectivity index (χ0v) is 12.4. The van der Waals surface area contributed by atoms with Crippen molar-refractivity contribution in [3.05, 3.63) is 49.8 Å². The van der Waals surface area contributed by atoms with Gasteiger partial charge in [-0.2, -0.15) is 0 Å². The molecule has 0 spiro atoms. The molecule has 2 rings (SSSR count). The minimum atomic E-state index is -0.0566. The van der Waals surface area contributed by atoms with E-state index in [2.05, 4.69) is 36.8 Å². The molecule has 0 amide bonds. The second-order valence-corrected chi connectivity index (χ2v) is 5.34. The second-order valence-electron chi connectivity index (χ2n) is 3.57. The van der Waals surface area contributed by atoms with Crippen LogP contribution in [0.25, 0.3) is 0 Å². The molecule has 90 valence electrons. The molecule has 0 aliphatic rings. The summed E-state index contributed by atoms with van der Waals surface area (Å²) in [5.74, 6) is 0.875. The summed E-state index contributed by atoms with van der Waals surface area (Å²) in [6, 6.07) is 1.74. The van der Waals surface area contributed by atoms with Gasteiger partial charge in [0.05, 0.1) is 11.0 Å². The fourth-order valence-corrected chi connectivity index (χ4v) is 2.87. The van der Waals surface area contributed by atoms with Gasteiger partial charge in [-0.15, -0.1) is 0 Å². The SMILES string of the molecule is CCn1ccnc1Cn1cc(Br)cc(Br)c1=O. The van der Waals surface area contributed by atoms with Crippen molar-refractivity contribution in [2.45, 2.75) is 20.0 Å². The second kappa shape index (κ2) is 5.18. The highest BCUT2D eigenvalue weighted by Crippen LogP contribution is 2.13. The minimum absolute atomic E-state index is 0.0566. The van der Waals surface area contributed by atoms with E-state index in [9.17, 15) is 4.79 Å². The summed E-state index contributed by atoms with van der Waals surface area (Å²) in [7, 11) is 0. The lowest BCUT2D eigenvalue weighted by molar-refractivity contribution is 0.636. The lowest BCUT2D eigenvalue weighted by Crippen LogP contribution is -2.22. The van der Waals surface area contributed by atoms with Gasteiger partial charge in [0.25, 0.3) is 5.56 Å². The fraction of sp³-hybridized carbons (Fsp3) is 0.273. The smallest absolute Gasteiger partial charge is 0.265 e. The molecule has 0 bridgehead atoms. The highest BCUT2D eigenvalue weighted by molar-refractivity contribution is 9.11. The van der Waals surface area contributed by atoms with Gasteiger partial charge in [-0.05, 0) is 44.8 Å². The third-order valence-corrected chi connectivity index (χ3v) is 3.46. The van der Waals surface area contributed by atoms with E-state index >= 15 is 0 Å². The molecule has 2 aromatic rings. The molecule has 2 heterocycles. The molecule has 0 aliphatic carbocycles. The predicted octanol–water partition coefficient (Wildman–Crippen LogP) is 2.64. The summed E-state index contributed by atoms with van der Waals surface area (Å²) in [5.41, 5.74) is -0.0566. The van der Waals surface area contributed by atoms with Gasteiger partial charge in [0.1, 0.15) is 5.82 Å². The van der Waals surface area contributed by atoms with Gasteiger partial charge in [-0.25, -0.2) is 4.98 Å². The van der Waals surface area contributed by atoms with Gasteiger partial charge in [0, 0.05) is 29.6 Å². The topological polar surface area (TPSA) is 39.8 Å². The predicted molar refractivity (Wildman–Crippen MR) is 73.1 cm³/mol. The first-order valence-corrected chi connectivity index (χ1v) is 6.76. The van der Waals surface area contributed by atoms with Crippen molar-refractivity contribution in [2.75, 3.05) is 0 Å². The van der Waals surface area contributed by atoms with Crippen LogP contribution in [0.3, 0.4) is 0 Å². The average molecular weight is 361 g/mol. The van der Waals surface area contributed by atoms with Crippen molar-refractivity contribution in [2.24, 2.45) is 0 Å². The van der Waals surface area contributed by atoms with Gasteiger partial charge < -0.3 is 9.13 Å². The first kappa shape index (κ1) is 12.6. The molecule has 0 saturated carbocycles. The van der Waals surface area contributed by atoms with Crippen LogP contribution >= 0.6 is 31.9 Å².